The molecule has 1 aliphatic rings. The first-order chi connectivity index (χ1) is 16.3. The zero-order valence-corrected chi connectivity index (χ0v) is 18.9. The van der Waals surface area contributed by atoms with Crippen LogP contribution < -0.4 is 15.0 Å². The van der Waals surface area contributed by atoms with E-state index in [-0.39, 0.29) is 18.3 Å². The number of β-amino-alcohol motifs (C(OH)–C–C–N with tert-alkyl or cyclic N) is 1. The fourth-order valence-electron chi connectivity index (χ4n) is 3.86. The number of nitrogens with one attached hydrogen (secondary N) is 1. The molecule has 3 aromatic rings. The third-order valence-electron chi connectivity index (χ3n) is 5.63. The first kappa shape index (κ1) is 24.1. The quantitative estimate of drug-likeness (QED) is 0.411. The lowest BCUT2D eigenvalue weighted by atomic mass is 9.94. The van der Waals surface area contributed by atoms with Crippen molar-refractivity contribution in [2.45, 2.75) is 24.6 Å². The van der Waals surface area contributed by atoms with Crippen LogP contribution in [0.2, 0.25) is 0 Å². The molecule has 8 nitrogen and oxygen atoms in total. The second-order valence-corrected chi connectivity index (χ2v) is 8.45. The van der Waals surface area contributed by atoms with E-state index in [1.165, 1.54) is 18.5 Å². The van der Waals surface area contributed by atoms with Crippen LogP contribution in [0, 0.1) is 5.92 Å². The van der Waals surface area contributed by atoms with Crippen LogP contribution in [0.25, 0.3) is 11.1 Å². The Morgan fingerprint density at radius 2 is 1.91 bits per heavy atom. The van der Waals surface area contributed by atoms with E-state index in [9.17, 15) is 19.0 Å². The monoisotopic (exact) mass is 491 g/mol. The van der Waals surface area contributed by atoms with Crippen molar-refractivity contribution in [3.63, 3.8) is 0 Å². The summed E-state index contributed by atoms with van der Waals surface area (Å²) in [5, 5.41) is 23.0. The molecule has 0 amide bonds. The molecule has 2 unspecified atom stereocenters. The fraction of sp³-hybridized carbons (Fsp3) is 0.348. The zero-order chi connectivity index (χ0) is 24.1. The van der Waals surface area contributed by atoms with Gasteiger partial charge in [0.2, 0.25) is 0 Å². The number of benzene rings is 1. The van der Waals surface area contributed by atoms with E-state index in [4.69, 9.17) is 11.6 Å². The Balaban J connectivity index is 1.52. The molecule has 11 heteroatoms. The van der Waals surface area contributed by atoms with Gasteiger partial charge in [0.25, 0.3) is 0 Å². The maximum atomic E-state index is 12.8. The van der Waals surface area contributed by atoms with E-state index >= 15 is 0 Å². The highest BCUT2D eigenvalue weighted by atomic mass is 35.5. The molecule has 4 rings (SSSR count). The minimum absolute atomic E-state index is 0.0462. The lowest BCUT2D eigenvalue weighted by Gasteiger charge is -2.36. The van der Waals surface area contributed by atoms with Gasteiger partial charge in [-0.3, -0.25) is 0 Å². The Bertz CT molecular complexity index is 1090. The Morgan fingerprint density at radius 1 is 1.18 bits per heavy atom. The first-order valence-electron chi connectivity index (χ1n) is 10.7. The van der Waals surface area contributed by atoms with Crippen LogP contribution in [0.4, 0.5) is 20.3 Å². The molecule has 1 aromatic carbocycles. The number of piperidine rings is 1. The Kier molecular flexibility index (Phi) is 7.40. The van der Waals surface area contributed by atoms with Gasteiger partial charge in [0, 0.05) is 79.2 Å². The van der Waals surface area contributed by atoms with Crippen molar-refractivity contribution >= 4 is 23.1 Å². The van der Waals surface area contributed by atoms with Crippen LogP contribution in [0.5, 0.6) is 5.75 Å². The van der Waals surface area contributed by atoms with Gasteiger partial charge < -0.3 is 25.2 Å². The molecule has 3 heterocycles. The standard InChI is InChI=1S/C23H24ClF2N5O3/c24-23(25,26)34-19-3-1-18(2-4-19)29-8-15-7-20(17-10-27-14-28-11-17)22(30-9-15)31-6-5-16(13-32)21(33)12-31/h1-4,7,9-11,14,16,21,29,32-33H,5-6,8,12-13H2. The predicted octanol–water partition coefficient (Wildman–Crippen LogP) is 3.50. The number of nitrogens with zero attached hydrogens (tertiary/aromatic N) is 4. The van der Waals surface area contributed by atoms with Crippen molar-refractivity contribution in [3.8, 4) is 16.9 Å². The number of pyridine rings is 1. The Morgan fingerprint density at radius 3 is 2.56 bits per heavy atom. The number of hydrogen-bond acceptors (Lipinski definition) is 8. The lowest BCUT2D eigenvalue weighted by Crippen LogP contribution is -2.45. The van der Waals surface area contributed by atoms with Crippen molar-refractivity contribution < 1.29 is 23.7 Å². The summed E-state index contributed by atoms with van der Waals surface area (Å²) in [7, 11) is 0. The molecule has 2 aromatic heterocycles. The minimum Gasteiger partial charge on any atom is -0.420 e. The Hall–Kier alpha value is -3.08. The highest BCUT2D eigenvalue weighted by Crippen LogP contribution is 2.32. The van der Waals surface area contributed by atoms with Gasteiger partial charge in [-0.1, -0.05) is 0 Å². The number of ether oxygens (including phenoxy) is 1. The molecular weight excluding hydrogens is 468 g/mol. The number of hydrogen-bond donors (Lipinski definition) is 3. The molecule has 1 saturated heterocycles. The number of rotatable bonds is 8. The van der Waals surface area contributed by atoms with Gasteiger partial charge in [0.05, 0.1) is 6.10 Å². The molecule has 34 heavy (non-hydrogen) atoms. The van der Waals surface area contributed by atoms with Crippen LogP contribution >= 0.6 is 11.6 Å². The molecule has 0 bridgehead atoms. The van der Waals surface area contributed by atoms with Gasteiger partial charge >= 0.3 is 5.57 Å². The van der Waals surface area contributed by atoms with Crippen molar-refractivity contribution in [1.29, 1.82) is 0 Å². The summed E-state index contributed by atoms with van der Waals surface area (Å²) in [6, 6.07) is 7.99. The minimum atomic E-state index is -3.76. The predicted molar refractivity (Wildman–Crippen MR) is 124 cm³/mol. The smallest absolute Gasteiger partial charge is 0.420 e. The maximum Gasteiger partial charge on any atom is 0.487 e. The number of halogens is 3. The molecule has 3 N–H and O–H groups in total. The maximum absolute atomic E-state index is 12.8. The summed E-state index contributed by atoms with van der Waals surface area (Å²) in [4.78, 5) is 14.9. The average molecular weight is 492 g/mol. The highest BCUT2D eigenvalue weighted by molar-refractivity contribution is 6.20. The summed E-state index contributed by atoms with van der Waals surface area (Å²) >= 11 is 4.79. The zero-order valence-electron chi connectivity index (χ0n) is 18.1. The largest absolute Gasteiger partial charge is 0.487 e. The Labute approximate surface area is 200 Å². The number of aromatic nitrogens is 3. The average Bonchev–Trinajstić information content (AvgIpc) is 2.83. The summed E-state index contributed by atoms with van der Waals surface area (Å²) in [5.74, 6) is 0.517. The molecule has 1 aliphatic heterocycles. The van der Waals surface area contributed by atoms with Crippen molar-refractivity contribution in [2.24, 2.45) is 5.92 Å². The first-order valence-corrected chi connectivity index (χ1v) is 11.1. The van der Waals surface area contributed by atoms with E-state index in [0.717, 1.165) is 16.7 Å². The van der Waals surface area contributed by atoms with E-state index in [2.05, 4.69) is 25.0 Å². The number of aliphatic hydroxyl groups excluding tert-OH is 2. The van der Waals surface area contributed by atoms with Gasteiger partial charge in [0.1, 0.15) is 17.9 Å². The molecule has 180 valence electrons. The highest BCUT2D eigenvalue weighted by Gasteiger charge is 2.29. The fourth-order valence-corrected chi connectivity index (χ4v) is 3.95. The molecule has 0 radical (unpaired) electrons. The second-order valence-electron chi connectivity index (χ2n) is 8.01. The van der Waals surface area contributed by atoms with E-state index < -0.39 is 11.7 Å². The summed E-state index contributed by atoms with van der Waals surface area (Å²) in [6.45, 7) is 1.40. The number of aliphatic hydroxyl groups is 2. The van der Waals surface area contributed by atoms with Gasteiger partial charge in [-0.25, -0.2) is 15.0 Å². The third kappa shape index (κ3) is 6.07. The summed E-state index contributed by atoms with van der Waals surface area (Å²) in [6.07, 6.45) is 6.60. The van der Waals surface area contributed by atoms with Crippen molar-refractivity contribution in [3.05, 3.63) is 60.8 Å². The van der Waals surface area contributed by atoms with Crippen molar-refractivity contribution in [1.82, 2.24) is 15.0 Å². The number of anilines is 2. The molecule has 0 spiro atoms. The third-order valence-corrected chi connectivity index (χ3v) is 5.71. The summed E-state index contributed by atoms with van der Waals surface area (Å²) in [5.41, 5.74) is -0.575. The van der Waals surface area contributed by atoms with Crippen LogP contribution in [0.15, 0.2) is 55.2 Å². The number of alkyl halides is 3. The van der Waals surface area contributed by atoms with Crippen LogP contribution in [0.3, 0.4) is 0 Å². The SMILES string of the molecule is OCC1CCN(c2ncc(CNc3ccc(OC(F)(F)Cl)cc3)cc2-c2cncnc2)CC1O. The van der Waals surface area contributed by atoms with Crippen LogP contribution in [-0.4, -0.2) is 56.5 Å². The molecule has 0 aliphatic carbocycles. The van der Waals surface area contributed by atoms with Crippen molar-refractivity contribution in [2.75, 3.05) is 29.9 Å². The second kappa shape index (κ2) is 10.5. The van der Waals surface area contributed by atoms with E-state index in [1.54, 1.807) is 30.7 Å². The molecule has 2 atom stereocenters. The normalized spacial score (nSPS) is 18.6. The van der Waals surface area contributed by atoms with Gasteiger partial charge in [-0.05, 0) is 42.3 Å². The van der Waals surface area contributed by atoms with Gasteiger partial charge in [0.15, 0.2) is 0 Å². The molecular formula is C23H24ClF2N5O3. The van der Waals surface area contributed by atoms with Gasteiger partial charge in [-0.2, -0.15) is 0 Å². The lowest BCUT2D eigenvalue weighted by molar-refractivity contribution is -0.0964. The van der Waals surface area contributed by atoms with Crippen LogP contribution in [0.1, 0.15) is 12.0 Å². The molecule has 1 fully saturated rings. The van der Waals surface area contributed by atoms with Gasteiger partial charge in [-0.15, -0.1) is 8.78 Å². The summed E-state index contributed by atoms with van der Waals surface area (Å²) < 4.78 is 29.9. The topological polar surface area (TPSA) is 104 Å². The van der Waals surface area contributed by atoms with E-state index in [0.29, 0.717) is 37.6 Å². The van der Waals surface area contributed by atoms with Crippen LogP contribution in [-0.2, 0) is 6.54 Å². The molecule has 0 saturated carbocycles. The van der Waals surface area contributed by atoms with E-state index in [1.807, 2.05) is 11.0 Å².